The standard InChI is InChI=1S/C21H24N4/c1-13-10-16(22)4-7-19(13)25(20-8-5-17(23)11-14(20)2)21-9-6-18(24)12-15(21)3/h4-12H,22-24H2,1-3H3. The molecule has 0 unspecified atom stereocenters. The van der Waals surface area contributed by atoms with E-state index < -0.39 is 0 Å². The molecule has 0 spiro atoms. The van der Waals surface area contributed by atoms with E-state index in [9.17, 15) is 0 Å². The van der Waals surface area contributed by atoms with Crippen LogP contribution in [0.4, 0.5) is 34.1 Å². The van der Waals surface area contributed by atoms with Crippen LogP contribution in [0.5, 0.6) is 0 Å². The summed E-state index contributed by atoms with van der Waals surface area (Å²) in [5, 5.41) is 0. The Hall–Kier alpha value is -3.14. The van der Waals surface area contributed by atoms with Crippen molar-refractivity contribution in [2.45, 2.75) is 20.8 Å². The third-order valence-electron chi connectivity index (χ3n) is 4.39. The van der Waals surface area contributed by atoms with Crippen LogP contribution in [-0.4, -0.2) is 0 Å². The SMILES string of the molecule is Cc1cc(N)ccc1N(c1ccc(N)cc1C)c1ccc(N)cc1C. The summed E-state index contributed by atoms with van der Waals surface area (Å²) < 4.78 is 0. The Balaban J connectivity index is 2.27. The summed E-state index contributed by atoms with van der Waals surface area (Å²) in [6.07, 6.45) is 0. The van der Waals surface area contributed by atoms with Gasteiger partial charge in [0.1, 0.15) is 0 Å². The van der Waals surface area contributed by atoms with Crippen LogP contribution in [0.2, 0.25) is 0 Å². The minimum Gasteiger partial charge on any atom is -0.399 e. The van der Waals surface area contributed by atoms with Gasteiger partial charge in [0.2, 0.25) is 0 Å². The van der Waals surface area contributed by atoms with Gasteiger partial charge in [0.15, 0.2) is 0 Å². The number of hydrogen-bond donors (Lipinski definition) is 3. The Morgan fingerprint density at radius 2 is 0.800 bits per heavy atom. The zero-order chi connectivity index (χ0) is 18.1. The van der Waals surface area contributed by atoms with E-state index in [1.54, 1.807) is 0 Å². The molecule has 6 N–H and O–H groups in total. The Morgan fingerprint density at radius 3 is 1.04 bits per heavy atom. The first-order valence-corrected chi connectivity index (χ1v) is 8.25. The lowest BCUT2D eigenvalue weighted by atomic mass is 10.0. The van der Waals surface area contributed by atoms with E-state index in [0.29, 0.717) is 0 Å². The van der Waals surface area contributed by atoms with Gasteiger partial charge in [0.05, 0.1) is 0 Å². The number of benzene rings is 3. The van der Waals surface area contributed by atoms with Crippen LogP contribution < -0.4 is 22.1 Å². The van der Waals surface area contributed by atoms with Crippen molar-refractivity contribution in [3.8, 4) is 0 Å². The molecule has 0 aromatic heterocycles. The van der Waals surface area contributed by atoms with Crippen molar-refractivity contribution in [1.29, 1.82) is 0 Å². The second-order valence-electron chi connectivity index (χ2n) is 6.47. The van der Waals surface area contributed by atoms with Crippen molar-refractivity contribution in [2.75, 3.05) is 22.1 Å². The molecule has 25 heavy (non-hydrogen) atoms. The van der Waals surface area contributed by atoms with Gasteiger partial charge in [-0.2, -0.15) is 0 Å². The van der Waals surface area contributed by atoms with Gasteiger partial charge in [-0.3, -0.25) is 0 Å². The van der Waals surface area contributed by atoms with Gasteiger partial charge in [0.25, 0.3) is 0 Å². The fourth-order valence-corrected chi connectivity index (χ4v) is 3.18. The molecule has 3 aromatic carbocycles. The molecule has 0 atom stereocenters. The first kappa shape index (κ1) is 16.7. The molecule has 0 saturated heterocycles. The number of nitrogens with two attached hydrogens (primary N) is 3. The van der Waals surface area contributed by atoms with Gasteiger partial charge < -0.3 is 22.1 Å². The third-order valence-corrected chi connectivity index (χ3v) is 4.39. The van der Waals surface area contributed by atoms with Gasteiger partial charge >= 0.3 is 0 Å². The van der Waals surface area contributed by atoms with Crippen molar-refractivity contribution >= 4 is 34.1 Å². The zero-order valence-corrected chi connectivity index (χ0v) is 14.9. The molecule has 3 rings (SSSR count). The maximum absolute atomic E-state index is 5.95. The second kappa shape index (κ2) is 6.40. The molecule has 0 aliphatic heterocycles. The molecule has 0 bridgehead atoms. The highest BCUT2D eigenvalue weighted by atomic mass is 15.1. The molecule has 0 fully saturated rings. The average molecular weight is 332 g/mol. The molecule has 0 radical (unpaired) electrons. The van der Waals surface area contributed by atoms with Crippen molar-refractivity contribution in [2.24, 2.45) is 0 Å². The summed E-state index contributed by atoms with van der Waals surface area (Å²) in [4.78, 5) is 2.23. The minimum atomic E-state index is 0.754. The van der Waals surface area contributed by atoms with Gasteiger partial charge in [0, 0.05) is 34.1 Å². The predicted octanol–water partition coefficient (Wildman–Crippen LogP) is 4.83. The topological polar surface area (TPSA) is 81.3 Å². The lowest BCUT2D eigenvalue weighted by molar-refractivity contribution is 1.21. The average Bonchev–Trinajstić information content (AvgIpc) is 2.52. The fourth-order valence-electron chi connectivity index (χ4n) is 3.18. The van der Waals surface area contributed by atoms with Gasteiger partial charge in [-0.15, -0.1) is 0 Å². The number of anilines is 6. The van der Waals surface area contributed by atoms with E-state index in [2.05, 4.69) is 43.9 Å². The van der Waals surface area contributed by atoms with E-state index >= 15 is 0 Å². The first-order valence-electron chi connectivity index (χ1n) is 8.25. The molecule has 128 valence electrons. The first-order chi connectivity index (χ1) is 11.9. The fraction of sp³-hybridized carbons (Fsp3) is 0.143. The van der Waals surface area contributed by atoms with E-state index in [-0.39, 0.29) is 0 Å². The van der Waals surface area contributed by atoms with Crippen molar-refractivity contribution < 1.29 is 0 Å². The third kappa shape index (κ3) is 3.24. The summed E-state index contributed by atoms with van der Waals surface area (Å²) in [6, 6.07) is 17.9. The maximum atomic E-state index is 5.95. The number of hydrogen-bond acceptors (Lipinski definition) is 4. The molecule has 0 amide bonds. The molecule has 0 aliphatic rings. The maximum Gasteiger partial charge on any atom is 0.0492 e. The predicted molar refractivity (Wildman–Crippen MR) is 109 cm³/mol. The lowest BCUT2D eigenvalue weighted by Gasteiger charge is -2.30. The summed E-state index contributed by atoms with van der Waals surface area (Å²) in [6.45, 7) is 6.20. The van der Waals surface area contributed by atoms with Crippen LogP contribution in [0.3, 0.4) is 0 Å². The Morgan fingerprint density at radius 1 is 0.520 bits per heavy atom. The molecule has 0 heterocycles. The van der Waals surface area contributed by atoms with Crippen LogP contribution in [0.15, 0.2) is 54.6 Å². The number of nitrogens with zero attached hydrogens (tertiary/aromatic N) is 1. The van der Waals surface area contributed by atoms with E-state index in [4.69, 9.17) is 17.2 Å². The molecular formula is C21H24N4. The van der Waals surface area contributed by atoms with Crippen molar-refractivity contribution in [1.82, 2.24) is 0 Å². The highest BCUT2D eigenvalue weighted by Crippen LogP contribution is 2.40. The summed E-state index contributed by atoms with van der Waals surface area (Å²) in [5.41, 5.74) is 26.7. The van der Waals surface area contributed by atoms with Gasteiger partial charge in [-0.1, -0.05) is 0 Å². The molecular weight excluding hydrogens is 308 g/mol. The highest BCUT2D eigenvalue weighted by Gasteiger charge is 2.18. The van der Waals surface area contributed by atoms with Crippen LogP contribution in [0.1, 0.15) is 16.7 Å². The normalized spacial score (nSPS) is 10.7. The van der Waals surface area contributed by atoms with E-state index in [0.717, 1.165) is 50.8 Å². The van der Waals surface area contributed by atoms with Crippen LogP contribution in [-0.2, 0) is 0 Å². The minimum absolute atomic E-state index is 0.754. The number of aryl methyl sites for hydroxylation is 3. The quantitative estimate of drug-likeness (QED) is 0.600. The molecule has 0 saturated carbocycles. The van der Waals surface area contributed by atoms with Crippen LogP contribution in [0, 0.1) is 20.8 Å². The summed E-state index contributed by atoms with van der Waals surface area (Å²) in [7, 11) is 0. The monoisotopic (exact) mass is 332 g/mol. The van der Waals surface area contributed by atoms with Crippen LogP contribution >= 0.6 is 0 Å². The molecule has 4 nitrogen and oxygen atoms in total. The highest BCUT2D eigenvalue weighted by molar-refractivity contribution is 5.83. The number of rotatable bonds is 3. The Bertz CT molecular complexity index is 809. The Labute approximate surface area is 148 Å². The van der Waals surface area contributed by atoms with Gasteiger partial charge in [-0.25, -0.2) is 0 Å². The van der Waals surface area contributed by atoms with Crippen molar-refractivity contribution in [3.05, 3.63) is 71.3 Å². The van der Waals surface area contributed by atoms with Crippen molar-refractivity contribution in [3.63, 3.8) is 0 Å². The Kier molecular flexibility index (Phi) is 4.28. The summed E-state index contributed by atoms with van der Waals surface area (Å²) in [5.74, 6) is 0. The van der Waals surface area contributed by atoms with Crippen LogP contribution in [0.25, 0.3) is 0 Å². The summed E-state index contributed by atoms with van der Waals surface area (Å²) >= 11 is 0. The molecule has 4 heteroatoms. The largest absolute Gasteiger partial charge is 0.399 e. The van der Waals surface area contributed by atoms with E-state index in [1.807, 2.05) is 36.4 Å². The second-order valence-corrected chi connectivity index (χ2v) is 6.47. The molecule has 3 aromatic rings. The molecule has 0 aliphatic carbocycles. The smallest absolute Gasteiger partial charge is 0.0492 e. The van der Waals surface area contributed by atoms with Gasteiger partial charge in [-0.05, 0) is 92.1 Å². The number of nitrogen functional groups attached to an aromatic ring is 3. The lowest BCUT2D eigenvalue weighted by Crippen LogP contribution is -2.14. The zero-order valence-electron chi connectivity index (χ0n) is 14.9. The van der Waals surface area contributed by atoms with E-state index in [1.165, 1.54) is 0 Å².